The molecule has 1 heterocycles. The van der Waals surface area contributed by atoms with Crippen LogP contribution in [0.4, 0.5) is 5.69 Å². The zero-order valence-electron chi connectivity index (χ0n) is 12.6. The number of anilines is 1. The number of aliphatic hydroxyl groups is 1. The number of carbonyl (C=O) groups excluding carboxylic acids is 1. The highest BCUT2D eigenvalue weighted by Crippen LogP contribution is 2.26. The Bertz CT molecular complexity index is 653. The molecule has 5 heteroatoms. The number of aromatic nitrogens is 1. The van der Waals surface area contributed by atoms with Crippen LogP contribution in [-0.2, 0) is 4.74 Å². The average molecular weight is 289 g/mol. The molecule has 0 saturated carbocycles. The molecule has 1 aromatic carbocycles. The molecule has 0 bridgehead atoms. The largest absolute Gasteiger partial charge is 0.462 e. The number of pyridine rings is 1. The molecule has 1 aromatic heterocycles. The number of carbonyl (C=O) groups is 1. The van der Waals surface area contributed by atoms with Gasteiger partial charge in [0.25, 0.3) is 0 Å². The lowest BCUT2D eigenvalue weighted by Gasteiger charge is -2.13. The smallest absolute Gasteiger partial charge is 0.346 e. The summed E-state index contributed by atoms with van der Waals surface area (Å²) in [6, 6.07) is 5.97. The molecule has 2 aromatic rings. The van der Waals surface area contributed by atoms with Gasteiger partial charge in [-0.1, -0.05) is 6.07 Å². The summed E-state index contributed by atoms with van der Waals surface area (Å²) in [5.41, 5.74) is 3.14. The highest BCUT2D eigenvalue weighted by molar-refractivity contribution is 6.03. The minimum absolute atomic E-state index is 0.320. The fourth-order valence-electron chi connectivity index (χ4n) is 2.17. The molecule has 112 valence electrons. The standard InChI is InChI=1S/C16H20N2O3/c1-4-21-16(20)13-9-17-14-6-5-10(2)7-12(14)15(13)18-8-11(3)19/h5-7,9,11,19H,4,8H2,1-3H3,(H,17,18)/p+1/t11-/m0/s1. The molecule has 0 aliphatic heterocycles. The van der Waals surface area contributed by atoms with E-state index in [1.165, 1.54) is 0 Å². The van der Waals surface area contributed by atoms with E-state index in [1.807, 2.05) is 25.1 Å². The van der Waals surface area contributed by atoms with E-state index < -0.39 is 6.10 Å². The van der Waals surface area contributed by atoms with Gasteiger partial charge in [-0.3, -0.25) is 0 Å². The van der Waals surface area contributed by atoms with Crippen molar-refractivity contribution in [3.63, 3.8) is 0 Å². The molecule has 0 aliphatic rings. The summed E-state index contributed by atoms with van der Waals surface area (Å²) in [6.45, 7) is 6.14. The maximum Gasteiger partial charge on any atom is 0.346 e. The van der Waals surface area contributed by atoms with Crippen molar-refractivity contribution in [1.29, 1.82) is 0 Å². The fourth-order valence-corrected chi connectivity index (χ4v) is 2.17. The number of rotatable bonds is 5. The second-order valence-electron chi connectivity index (χ2n) is 5.08. The summed E-state index contributed by atoms with van der Waals surface area (Å²) in [7, 11) is 0. The summed E-state index contributed by atoms with van der Waals surface area (Å²) < 4.78 is 5.09. The molecule has 0 radical (unpaired) electrons. The van der Waals surface area contributed by atoms with Crippen molar-refractivity contribution < 1.29 is 19.6 Å². The van der Waals surface area contributed by atoms with Crippen LogP contribution >= 0.6 is 0 Å². The van der Waals surface area contributed by atoms with Crippen LogP contribution in [0, 0.1) is 6.92 Å². The lowest BCUT2D eigenvalue weighted by atomic mass is 10.1. The molecule has 2 rings (SSSR count). The molecule has 1 atom stereocenters. The van der Waals surface area contributed by atoms with E-state index in [-0.39, 0.29) is 5.97 Å². The topological polar surface area (TPSA) is 72.7 Å². The Morgan fingerprint density at radius 2 is 2.24 bits per heavy atom. The summed E-state index contributed by atoms with van der Waals surface area (Å²) in [5.74, 6) is -0.384. The van der Waals surface area contributed by atoms with Crippen molar-refractivity contribution in [1.82, 2.24) is 0 Å². The lowest BCUT2D eigenvalue weighted by molar-refractivity contribution is -0.344. The van der Waals surface area contributed by atoms with E-state index in [0.717, 1.165) is 16.5 Å². The zero-order valence-corrected chi connectivity index (χ0v) is 12.6. The number of H-pyrrole nitrogens is 1. The van der Waals surface area contributed by atoms with E-state index >= 15 is 0 Å². The first-order valence-electron chi connectivity index (χ1n) is 7.07. The van der Waals surface area contributed by atoms with Crippen molar-refractivity contribution in [3.8, 4) is 0 Å². The predicted octanol–water partition coefficient (Wildman–Crippen LogP) is 1.93. The Morgan fingerprint density at radius 3 is 2.90 bits per heavy atom. The van der Waals surface area contributed by atoms with E-state index in [4.69, 9.17) is 4.74 Å². The van der Waals surface area contributed by atoms with Gasteiger partial charge in [-0.05, 0) is 32.4 Å². The van der Waals surface area contributed by atoms with Crippen molar-refractivity contribution in [2.75, 3.05) is 18.5 Å². The molecular weight excluding hydrogens is 268 g/mol. The predicted molar refractivity (Wildman–Crippen MR) is 81.4 cm³/mol. The van der Waals surface area contributed by atoms with Crippen molar-refractivity contribution in [2.24, 2.45) is 0 Å². The maximum absolute atomic E-state index is 12.1. The van der Waals surface area contributed by atoms with Gasteiger partial charge in [-0.15, -0.1) is 0 Å². The SMILES string of the molecule is CCOC(=O)c1c[nH+]c2ccc(C)cc2c1NC[C@H](C)O. The van der Waals surface area contributed by atoms with Crippen molar-refractivity contribution in [3.05, 3.63) is 35.5 Å². The summed E-state index contributed by atoms with van der Waals surface area (Å²) >= 11 is 0. The van der Waals surface area contributed by atoms with E-state index in [1.54, 1.807) is 20.0 Å². The minimum atomic E-state index is -0.510. The van der Waals surface area contributed by atoms with Gasteiger partial charge in [0.1, 0.15) is 5.56 Å². The number of aryl methyl sites for hydroxylation is 1. The molecule has 0 fully saturated rings. The quantitative estimate of drug-likeness (QED) is 0.825. The molecular formula is C16H21N2O3+. The van der Waals surface area contributed by atoms with Gasteiger partial charge in [-0.25, -0.2) is 9.78 Å². The first-order chi connectivity index (χ1) is 10.0. The molecule has 0 saturated heterocycles. The third-order valence-electron chi connectivity index (χ3n) is 3.16. The first kappa shape index (κ1) is 15.3. The first-order valence-corrected chi connectivity index (χ1v) is 7.07. The van der Waals surface area contributed by atoms with E-state index in [0.29, 0.717) is 24.4 Å². The monoisotopic (exact) mass is 289 g/mol. The maximum atomic E-state index is 12.1. The van der Waals surface area contributed by atoms with Gasteiger partial charge in [-0.2, -0.15) is 0 Å². The molecule has 0 unspecified atom stereocenters. The van der Waals surface area contributed by atoms with Gasteiger partial charge in [0.2, 0.25) is 5.52 Å². The Labute approximate surface area is 124 Å². The zero-order chi connectivity index (χ0) is 15.4. The van der Waals surface area contributed by atoms with Crippen LogP contribution in [0.3, 0.4) is 0 Å². The third-order valence-corrected chi connectivity index (χ3v) is 3.16. The summed E-state index contributed by atoms with van der Waals surface area (Å²) in [6.07, 6.45) is 1.13. The van der Waals surface area contributed by atoms with Crippen LogP contribution < -0.4 is 10.3 Å². The molecule has 0 aliphatic carbocycles. The number of nitrogens with one attached hydrogen (secondary N) is 2. The average Bonchev–Trinajstić information content (AvgIpc) is 2.44. The Balaban J connectivity index is 2.55. The van der Waals surface area contributed by atoms with Gasteiger partial charge in [0.15, 0.2) is 6.20 Å². The molecule has 0 amide bonds. The van der Waals surface area contributed by atoms with Crippen LogP contribution in [0.2, 0.25) is 0 Å². The van der Waals surface area contributed by atoms with Crippen LogP contribution in [0.1, 0.15) is 29.8 Å². The normalized spacial score (nSPS) is 12.2. The molecule has 0 spiro atoms. The molecule has 5 nitrogen and oxygen atoms in total. The molecule has 3 N–H and O–H groups in total. The van der Waals surface area contributed by atoms with Gasteiger partial charge in [0.05, 0.1) is 23.8 Å². The number of ether oxygens (including phenoxy) is 1. The highest BCUT2D eigenvalue weighted by atomic mass is 16.5. The van der Waals surface area contributed by atoms with E-state index in [2.05, 4.69) is 10.3 Å². The fraction of sp³-hybridized carbons (Fsp3) is 0.375. The number of aliphatic hydroxyl groups excluding tert-OH is 1. The Hall–Kier alpha value is -2.14. The Kier molecular flexibility index (Phi) is 4.75. The van der Waals surface area contributed by atoms with Crippen LogP contribution in [0.25, 0.3) is 10.9 Å². The third kappa shape index (κ3) is 3.49. The number of aromatic amines is 1. The minimum Gasteiger partial charge on any atom is -0.462 e. The number of hydrogen-bond acceptors (Lipinski definition) is 4. The van der Waals surface area contributed by atoms with Gasteiger partial charge >= 0.3 is 5.97 Å². The number of benzene rings is 1. The Morgan fingerprint density at radius 1 is 1.48 bits per heavy atom. The van der Waals surface area contributed by atoms with E-state index in [9.17, 15) is 9.90 Å². The number of esters is 1. The van der Waals surface area contributed by atoms with Gasteiger partial charge < -0.3 is 15.2 Å². The second-order valence-corrected chi connectivity index (χ2v) is 5.08. The van der Waals surface area contributed by atoms with Crippen LogP contribution in [-0.4, -0.2) is 30.3 Å². The van der Waals surface area contributed by atoms with Crippen LogP contribution in [0.15, 0.2) is 24.4 Å². The number of fused-ring (bicyclic) bond motifs is 1. The lowest BCUT2D eigenvalue weighted by Crippen LogP contribution is -2.20. The highest BCUT2D eigenvalue weighted by Gasteiger charge is 2.20. The van der Waals surface area contributed by atoms with Crippen molar-refractivity contribution >= 4 is 22.6 Å². The van der Waals surface area contributed by atoms with Crippen LogP contribution in [0.5, 0.6) is 0 Å². The van der Waals surface area contributed by atoms with Crippen molar-refractivity contribution in [2.45, 2.75) is 26.9 Å². The second kappa shape index (κ2) is 6.54. The summed E-state index contributed by atoms with van der Waals surface area (Å²) in [5, 5.41) is 13.5. The molecule has 21 heavy (non-hydrogen) atoms. The van der Waals surface area contributed by atoms with Gasteiger partial charge in [0, 0.05) is 12.6 Å². The summed E-state index contributed by atoms with van der Waals surface area (Å²) in [4.78, 5) is 15.2. The number of hydrogen-bond donors (Lipinski definition) is 2.